The molecule has 0 unspecified atom stereocenters. The monoisotopic (exact) mass is 350 g/mol. The van der Waals surface area contributed by atoms with Gasteiger partial charge in [0.2, 0.25) is 5.95 Å². The van der Waals surface area contributed by atoms with Crippen molar-refractivity contribution in [1.29, 1.82) is 0 Å². The molecule has 1 aromatic heterocycles. The molecular weight excluding hydrogens is 316 g/mol. The zero-order valence-corrected chi connectivity index (χ0v) is 16.2. The Morgan fingerprint density at radius 3 is 2.52 bits per heavy atom. The zero-order chi connectivity index (χ0) is 18.1. The lowest BCUT2D eigenvalue weighted by molar-refractivity contribution is 0.0398. The van der Waals surface area contributed by atoms with Gasteiger partial charge in [-0.2, -0.15) is 4.98 Å². The quantitative estimate of drug-likeness (QED) is 0.666. The van der Waals surface area contributed by atoms with Crippen LogP contribution < -0.4 is 10.6 Å². The molecule has 0 aromatic carbocycles. The van der Waals surface area contributed by atoms with Gasteiger partial charge >= 0.3 is 0 Å². The zero-order valence-electron chi connectivity index (χ0n) is 16.2. The van der Waals surface area contributed by atoms with Gasteiger partial charge in [0.25, 0.3) is 0 Å². The van der Waals surface area contributed by atoms with Crippen molar-refractivity contribution in [2.45, 2.75) is 39.8 Å². The van der Waals surface area contributed by atoms with Crippen molar-refractivity contribution in [1.82, 2.24) is 19.8 Å². The Hall–Kier alpha value is -1.44. The number of nitrogens with one attached hydrogen (secondary N) is 2. The molecule has 0 bridgehead atoms. The number of aromatic nitrogens is 2. The van der Waals surface area contributed by atoms with Gasteiger partial charge in [-0.05, 0) is 33.8 Å². The van der Waals surface area contributed by atoms with Crippen LogP contribution in [0, 0.1) is 0 Å². The fourth-order valence-electron chi connectivity index (χ4n) is 3.12. The molecule has 2 N–H and O–H groups in total. The highest BCUT2D eigenvalue weighted by Gasteiger charge is 2.12. The van der Waals surface area contributed by atoms with Gasteiger partial charge in [-0.15, -0.1) is 0 Å². The third-order valence-electron chi connectivity index (χ3n) is 4.47. The molecular formula is C18H34N6O. The van der Waals surface area contributed by atoms with Crippen LogP contribution in [-0.2, 0) is 4.74 Å². The minimum atomic E-state index is 0.546. The second-order valence-corrected chi connectivity index (χ2v) is 7.00. The van der Waals surface area contributed by atoms with E-state index >= 15 is 0 Å². The predicted molar refractivity (Wildman–Crippen MR) is 103 cm³/mol. The van der Waals surface area contributed by atoms with E-state index in [0.717, 1.165) is 58.3 Å². The molecule has 2 rings (SSSR count). The molecule has 0 radical (unpaired) electrons. The molecule has 0 amide bonds. The molecule has 1 saturated heterocycles. The summed E-state index contributed by atoms with van der Waals surface area (Å²) in [6.45, 7) is 16.3. The van der Waals surface area contributed by atoms with Crippen LogP contribution in [0.2, 0.25) is 0 Å². The SMILES string of the molecule is CC(C)N(CCNc1ccnc(NCCN2CCOCC2)n1)C(C)C. The predicted octanol–water partition coefficient (Wildman–Crippen LogP) is 1.75. The number of hydrogen-bond donors (Lipinski definition) is 2. The summed E-state index contributed by atoms with van der Waals surface area (Å²) in [4.78, 5) is 13.7. The highest BCUT2D eigenvalue weighted by molar-refractivity contribution is 5.39. The first-order chi connectivity index (χ1) is 12.1. The molecule has 0 atom stereocenters. The van der Waals surface area contributed by atoms with Crippen LogP contribution in [0.1, 0.15) is 27.7 Å². The summed E-state index contributed by atoms with van der Waals surface area (Å²) in [5, 5.41) is 6.72. The second-order valence-electron chi connectivity index (χ2n) is 7.00. The topological polar surface area (TPSA) is 65.5 Å². The average Bonchev–Trinajstić information content (AvgIpc) is 2.59. The maximum Gasteiger partial charge on any atom is 0.224 e. The normalized spacial score (nSPS) is 16.0. The number of morpholine rings is 1. The van der Waals surface area contributed by atoms with Crippen molar-refractivity contribution in [3.05, 3.63) is 12.3 Å². The van der Waals surface area contributed by atoms with E-state index in [0.29, 0.717) is 18.0 Å². The Labute approximate surface area is 152 Å². The van der Waals surface area contributed by atoms with E-state index in [-0.39, 0.29) is 0 Å². The highest BCUT2D eigenvalue weighted by atomic mass is 16.5. The molecule has 1 aliphatic rings. The van der Waals surface area contributed by atoms with Crippen LogP contribution in [0.15, 0.2) is 12.3 Å². The molecule has 2 heterocycles. The summed E-state index contributed by atoms with van der Waals surface area (Å²) in [6.07, 6.45) is 1.80. The Kier molecular flexibility index (Phi) is 8.37. The summed E-state index contributed by atoms with van der Waals surface area (Å²) < 4.78 is 5.37. The van der Waals surface area contributed by atoms with Crippen molar-refractivity contribution in [3.8, 4) is 0 Å². The van der Waals surface area contributed by atoms with Crippen LogP contribution in [0.5, 0.6) is 0 Å². The number of ether oxygens (including phenoxy) is 1. The molecule has 7 heteroatoms. The maximum absolute atomic E-state index is 5.37. The molecule has 1 aromatic rings. The van der Waals surface area contributed by atoms with Crippen LogP contribution in [0.4, 0.5) is 11.8 Å². The number of hydrogen-bond acceptors (Lipinski definition) is 7. The van der Waals surface area contributed by atoms with E-state index in [1.54, 1.807) is 6.20 Å². The molecule has 0 saturated carbocycles. The smallest absolute Gasteiger partial charge is 0.224 e. The summed E-state index contributed by atoms with van der Waals surface area (Å²) in [7, 11) is 0. The molecule has 0 spiro atoms. The van der Waals surface area contributed by atoms with E-state index in [4.69, 9.17) is 4.74 Å². The first-order valence-corrected chi connectivity index (χ1v) is 9.43. The van der Waals surface area contributed by atoms with Gasteiger partial charge < -0.3 is 15.4 Å². The second kappa shape index (κ2) is 10.5. The molecule has 1 fully saturated rings. The van der Waals surface area contributed by atoms with Crippen molar-refractivity contribution in [2.24, 2.45) is 0 Å². The third kappa shape index (κ3) is 7.13. The lowest BCUT2D eigenvalue weighted by Gasteiger charge is -2.30. The minimum absolute atomic E-state index is 0.546. The Balaban J connectivity index is 1.72. The highest BCUT2D eigenvalue weighted by Crippen LogP contribution is 2.07. The fourth-order valence-corrected chi connectivity index (χ4v) is 3.12. The first-order valence-electron chi connectivity index (χ1n) is 9.43. The van der Waals surface area contributed by atoms with E-state index in [1.165, 1.54) is 0 Å². The molecule has 7 nitrogen and oxygen atoms in total. The van der Waals surface area contributed by atoms with E-state index in [9.17, 15) is 0 Å². The maximum atomic E-state index is 5.37. The van der Waals surface area contributed by atoms with Gasteiger partial charge in [0.05, 0.1) is 13.2 Å². The van der Waals surface area contributed by atoms with Crippen molar-refractivity contribution < 1.29 is 4.74 Å². The minimum Gasteiger partial charge on any atom is -0.379 e. The number of rotatable bonds is 10. The van der Waals surface area contributed by atoms with Crippen LogP contribution in [-0.4, -0.2) is 84.3 Å². The van der Waals surface area contributed by atoms with Gasteiger partial charge in [-0.3, -0.25) is 9.80 Å². The fraction of sp³-hybridized carbons (Fsp3) is 0.778. The lowest BCUT2D eigenvalue weighted by Crippen LogP contribution is -2.40. The average molecular weight is 351 g/mol. The standard InChI is InChI=1S/C18H34N6O/c1-15(2)24(16(3)4)10-8-19-17-5-6-20-18(22-17)21-7-9-23-11-13-25-14-12-23/h5-6,15-16H,7-14H2,1-4H3,(H2,19,20,21,22). The molecule has 0 aliphatic carbocycles. The van der Waals surface area contributed by atoms with Crippen molar-refractivity contribution >= 4 is 11.8 Å². The van der Waals surface area contributed by atoms with E-state index in [1.807, 2.05) is 6.07 Å². The van der Waals surface area contributed by atoms with Crippen LogP contribution in [0.3, 0.4) is 0 Å². The van der Waals surface area contributed by atoms with Crippen molar-refractivity contribution in [2.75, 3.05) is 63.1 Å². The Bertz CT molecular complexity index is 482. The van der Waals surface area contributed by atoms with Crippen LogP contribution >= 0.6 is 0 Å². The summed E-state index contributed by atoms with van der Waals surface area (Å²) in [5.74, 6) is 1.55. The van der Waals surface area contributed by atoms with Gasteiger partial charge in [0.15, 0.2) is 0 Å². The summed E-state index contributed by atoms with van der Waals surface area (Å²) in [5.41, 5.74) is 0. The molecule has 142 valence electrons. The first kappa shape index (κ1) is 19.9. The molecule has 25 heavy (non-hydrogen) atoms. The Morgan fingerprint density at radius 1 is 1.12 bits per heavy atom. The van der Waals surface area contributed by atoms with Gasteiger partial charge in [0, 0.05) is 57.5 Å². The number of anilines is 2. The summed E-state index contributed by atoms with van der Waals surface area (Å²) >= 11 is 0. The van der Waals surface area contributed by atoms with E-state index in [2.05, 4.69) is 58.1 Å². The largest absolute Gasteiger partial charge is 0.379 e. The van der Waals surface area contributed by atoms with Crippen LogP contribution in [0.25, 0.3) is 0 Å². The summed E-state index contributed by atoms with van der Waals surface area (Å²) in [6, 6.07) is 3.01. The Morgan fingerprint density at radius 2 is 1.84 bits per heavy atom. The molecule has 1 aliphatic heterocycles. The number of nitrogens with zero attached hydrogens (tertiary/aromatic N) is 4. The van der Waals surface area contributed by atoms with Gasteiger partial charge in [0.1, 0.15) is 5.82 Å². The van der Waals surface area contributed by atoms with Gasteiger partial charge in [-0.25, -0.2) is 4.98 Å². The third-order valence-corrected chi connectivity index (χ3v) is 4.47. The van der Waals surface area contributed by atoms with Gasteiger partial charge in [-0.1, -0.05) is 0 Å². The lowest BCUT2D eigenvalue weighted by atomic mass is 10.2. The van der Waals surface area contributed by atoms with Crippen molar-refractivity contribution in [3.63, 3.8) is 0 Å². The van der Waals surface area contributed by atoms with E-state index < -0.39 is 0 Å².